The Kier molecular flexibility index (Phi) is 6.16. The van der Waals surface area contributed by atoms with Crippen molar-refractivity contribution >= 4 is 23.0 Å². The van der Waals surface area contributed by atoms with Crippen molar-refractivity contribution in [3.8, 4) is 0 Å². The first-order chi connectivity index (χ1) is 14.5. The van der Waals surface area contributed by atoms with E-state index < -0.39 is 39.5 Å². The van der Waals surface area contributed by atoms with Gasteiger partial charge in [-0.15, -0.1) is 0 Å². The van der Waals surface area contributed by atoms with Crippen LogP contribution in [0.25, 0.3) is 0 Å². The van der Waals surface area contributed by atoms with E-state index in [4.69, 9.17) is 0 Å². The van der Waals surface area contributed by atoms with Crippen molar-refractivity contribution in [3.05, 3.63) is 63.0 Å². The molecule has 0 radical (unpaired) electrons. The molecule has 11 heteroatoms. The van der Waals surface area contributed by atoms with E-state index in [2.05, 4.69) is 10.2 Å². The largest absolute Gasteiger partial charge is 0.417 e. The van der Waals surface area contributed by atoms with Gasteiger partial charge in [-0.05, 0) is 37.7 Å². The van der Waals surface area contributed by atoms with Crippen molar-refractivity contribution < 1.29 is 27.3 Å². The third kappa shape index (κ3) is 4.76. The van der Waals surface area contributed by atoms with Gasteiger partial charge in [-0.3, -0.25) is 14.9 Å². The van der Waals surface area contributed by atoms with Crippen LogP contribution in [0.2, 0.25) is 0 Å². The molecule has 1 fully saturated rings. The number of nitrogens with zero attached hydrogens (tertiary/aromatic N) is 3. The van der Waals surface area contributed by atoms with Crippen LogP contribution in [0.1, 0.15) is 21.5 Å². The zero-order valence-corrected chi connectivity index (χ0v) is 16.8. The number of amides is 1. The minimum Gasteiger partial charge on any atom is -0.367 e. The monoisotopic (exact) mass is 440 g/mol. The molecule has 1 saturated heterocycles. The third-order valence-corrected chi connectivity index (χ3v) is 5.21. The summed E-state index contributed by atoms with van der Waals surface area (Å²) < 4.78 is 54.3. The first-order valence-corrected chi connectivity index (χ1v) is 9.38. The van der Waals surface area contributed by atoms with Crippen LogP contribution in [0, 0.1) is 22.9 Å². The molecule has 0 bridgehead atoms. The van der Waals surface area contributed by atoms with Gasteiger partial charge in [0, 0.05) is 38.3 Å². The second-order valence-electron chi connectivity index (χ2n) is 7.30. The Labute approximate surface area is 175 Å². The lowest BCUT2D eigenvalue weighted by atomic mass is 10.00. The van der Waals surface area contributed by atoms with Crippen molar-refractivity contribution in [1.29, 1.82) is 0 Å². The topological polar surface area (TPSA) is 78.7 Å². The number of nitro groups is 1. The lowest BCUT2D eigenvalue weighted by molar-refractivity contribution is -0.384. The van der Waals surface area contributed by atoms with E-state index >= 15 is 0 Å². The summed E-state index contributed by atoms with van der Waals surface area (Å²) >= 11 is 0. The smallest absolute Gasteiger partial charge is 0.367 e. The molecule has 1 aliphatic heterocycles. The molecule has 1 N–H and O–H groups in total. The fourth-order valence-electron chi connectivity index (χ4n) is 3.49. The maximum Gasteiger partial charge on any atom is 0.417 e. The number of likely N-dealkylation sites (N-methyl/N-ethyl adjacent to an activating group) is 1. The number of rotatable bonds is 4. The van der Waals surface area contributed by atoms with Crippen LogP contribution in [0.5, 0.6) is 0 Å². The van der Waals surface area contributed by atoms with Gasteiger partial charge in [0.2, 0.25) is 0 Å². The summed E-state index contributed by atoms with van der Waals surface area (Å²) in [5.74, 6) is -2.22. The number of benzene rings is 2. The van der Waals surface area contributed by atoms with E-state index in [9.17, 15) is 32.5 Å². The summed E-state index contributed by atoms with van der Waals surface area (Å²) in [5, 5.41) is 13.6. The van der Waals surface area contributed by atoms with Gasteiger partial charge in [0.15, 0.2) is 0 Å². The van der Waals surface area contributed by atoms with Crippen molar-refractivity contribution in [1.82, 2.24) is 4.90 Å². The molecule has 2 aromatic rings. The first kappa shape index (κ1) is 22.5. The second-order valence-corrected chi connectivity index (χ2v) is 7.30. The van der Waals surface area contributed by atoms with Crippen LogP contribution in [0.15, 0.2) is 30.3 Å². The minimum atomic E-state index is -4.96. The van der Waals surface area contributed by atoms with Gasteiger partial charge < -0.3 is 15.1 Å². The second kappa shape index (κ2) is 8.50. The van der Waals surface area contributed by atoms with E-state index in [0.717, 1.165) is 25.1 Å². The summed E-state index contributed by atoms with van der Waals surface area (Å²) in [6, 6.07) is 5.38. The van der Waals surface area contributed by atoms with Crippen molar-refractivity contribution in [2.45, 2.75) is 13.1 Å². The van der Waals surface area contributed by atoms with Gasteiger partial charge in [-0.25, -0.2) is 4.39 Å². The number of non-ortho nitro benzene ring substituents is 1. The quantitative estimate of drug-likeness (QED) is 0.441. The zero-order valence-electron chi connectivity index (χ0n) is 16.8. The number of piperazine rings is 1. The van der Waals surface area contributed by atoms with Crippen LogP contribution < -0.4 is 10.2 Å². The average Bonchev–Trinajstić information content (AvgIpc) is 2.69. The van der Waals surface area contributed by atoms with Crippen molar-refractivity contribution in [2.75, 3.05) is 43.4 Å². The molecule has 2 aromatic carbocycles. The molecule has 1 aliphatic rings. The van der Waals surface area contributed by atoms with E-state index in [1.54, 1.807) is 0 Å². The van der Waals surface area contributed by atoms with Gasteiger partial charge in [0.25, 0.3) is 11.6 Å². The molecule has 0 aromatic heterocycles. The highest BCUT2D eigenvalue weighted by atomic mass is 19.4. The van der Waals surface area contributed by atoms with E-state index in [0.29, 0.717) is 31.9 Å². The molecule has 0 spiro atoms. The average molecular weight is 440 g/mol. The lowest BCUT2D eigenvalue weighted by Gasteiger charge is -2.35. The Balaban J connectivity index is 2.02. The molecule has 3 rings (SSSR count). The Morgan fingerprint density at radius 1 is 1.13 bits per heavy atom. The summed E-state index contributed by atoms with van der Waals surface area (Å²) in [6.07, 6.45) is -4.96. The number of nitrogens with one attached hydrogen (secondary N) is 1. The molecule has 166 valence electrons. The van der Waals surface area contributed by atoms with E-state index in [1.165, 1.54) is 12.1 Å². The van der Waals surface area contributed by atoms with Crippen LogP contribution in [0.3, 0.4) is 0 Å². The predicted octanol–water partition coefficient (Wildman–Crippen LogP) is 4.07. The van der Waals surface area contributed by atoms with E-state index in [1.807, 2.05) is 11.9 Å². The summed E-state index contributed by atoms with van der Waals surface area (Å²) in [7, 11) is 1.94. The maximum atomic E-state index is 13.7. The van der Waals surface area contributed by atoms with Crippen LogP contribution in [-0.2, 0) is 6.18 Å². The minimum absolute atomic E-state index is 0.0128. The van der Waals surface area contributed by atoms with E-state index in [-0.39, 0.29) is 11.4 Å². The number of alkyl halides is 3. The zero-order chi connectivity index (χ0) is 22.9. The Hall–Kier alpha value is -3.21. The van der Waals surface area contributed by atoms with Crippen molar-refractivity contribution in [3.63, 3.8) is 0 Å². The standard InChI is InChI=1S/C20H20F4N4O3/c1-12-15(21)5-4-14(18(12)20(22,23)24)19(29)25-16-11-13(28(30)31)3-6-17(16)27-9-7-26(2)8-10-27/h3-6,11H,7-10H2,1-2H3,(H,25,29). The summed E-state index contributed by atoms with van der Waals surface area (Å²) in [5.41, 5.74) is -2.69. The molecule has 0 unspecified atom stereocenters. The number of hydrogen-bond acceptors (Lipinski definition) is 5. The Bertz CT molecular complexity index is 1020. The lowest BCUT2D eigenvalue weighted by Crippen LogP contribution is -2.44. The highest BCUT2D eigenvalue weighted by Gasteiger charge is 2.38. The third-order valence-electron chi connectivity index (χ3n) is 5.21. The fraction of sp³-hybridized carbons (Fsp3) is 0.350. The van der Waals surface area contributed by atoms with Gasteiger partial charge in [-0.2, -0.15) is 13.2 Å². The molecular formula is C20H20F4N4O3. The predicted molar refractivity (Wildman–Crippen MR) is 107 cm³/mol. The van der Waals surface area contributed by atoms with Gasteiger partial charge in [-0.1, -0.05) is 0 Å². The van der Waals surface area contributed by atoms with Gasteiger partial charge in [0.1, 0.15) is 5.82 Å². The number of anilines is 2. The molecule has 7 nitrogen and oxygen atoms in total. The highest BCUT2D eigenvalue weighted by Crippen LogP contribution is 2.37. The first-order valence-electron chi connectivity index (χ1n) is 9.38. The Morgan fingerprint density at radius 3 is 2.35 bits per heavy atom. The van der Waals surface area contributed by atoms with Crippen LogP contribution in [-0.4, -0.2) is 49.0 Å². The SMILES string of the molecule is Cc1c(F)ccc(C(=O)Nc2cc([N+](=O)[O-])ccc2N2CCN(C)CC2)c1C(F)(F)F. The maximum absolute atomic E-state index is 13.7. The molecule has 1 heterocycles. The number of carbonyl (C=O) groups excluding carboxylic acids is 1. The molecule has 0 aliphatic carbocycles. The number of carbonyl (C=O) groups is 1. The Morgan fingerprint density at radius 2 is 1.77 bits per heavy atom. The molecule has 0 atom stereocenters. The number of hydrogen-bond donors (Lipinski definition) is 1. The van der Waals surface area contributed by atoms with Crippen LogP contribution >= 0.6 is 0 Å². The highest BCUT2D eigenvalue weighted by molar-refractivity contribution is 6.07. The molecular weight excluding hydrogens is 420 g/mol. The number of nitro benzene ring substituents is 1. The van der Waals surface area contributed by atoms with Crippen LogP contribution in [0.4, 0.5) is 34.6 Å². The van der Waals surface area contributed by atoms with Crippen molar-refractivity contribution in [2.24, 2.45) is 0 Å². The normalized spacial score (nSPS) is 15.1. The van der Waals surface area contributed by atoms with Gasteiger partial charge in [0.05, 0.1) is 27.4 Å². The van der Waals surface area contributed by atoms with Gasteiger partial charge >= 0.3 is 6.18 Å². The fourth-order valence-corrected chi connectivity index (χ4v) is 3.49. The molecule has 1 amide bonds. The number of halogens is 4. The molecule has 0 saturated carbocycles. The molecule has 31 heavy (non-hydrogen) atoms. The summed E-state index contributed by atoms with van der Waals surface area (Å²) in [4.78, 5) is 27.3. The summed E-state index contributed by atoms with van der Waals surface area (Å²) in [6.45, 7) is 3.50.